The normalized spacial score (nSPS) is 10.8. The van der Waals surface area contributed by atoms with Crippen molar-refractivity contribution in [1.29, 1.82) is 0 Å². The lowest BCUT2D eigenvalue weighted by Gasteiger charge is -2.10. The van der Waals surface area contributed by atoms with Crippen LogP contribution in [0.25, 0.3) is 10.2 Å². The van der Waals surface area contributed by atoms with E-state index in [1.807, 2.05) is 0 Å². The summed E-state index contributed by atoms with van der Waals surface area (Å²) in [7, 11) is 1.69. The lowest BCUT2D eigenvalue weighted by Crippen LogP contribution is -2.20. The van der Waals surface area contributed by atoms with Crippen molar-refractivity contribution in [2.75, 3.05) is 10.6 Å². The predicted molar refractivity (Wildman–Crippen MR) is 106 cm³/mol. The maximum atomic E-state index is 12.8. The number of benzene rings is 1. The summed E-state index contributed by atoms with van der Waals surface area (Å²) in [5.74, 6) is -1.60. The van der Waals surface area contributed by atoms with E-state index in [4.69, 9.17) is 5.11 Å². The summed E-state index contributed by atoms with van der Waals surface area (Å²) >= 11 is 1.03. The minimum Gasteiger partial charge on any atom is -0.477 e. The minimum absolute atomic E-state index is 0.131. The third-order valence-corrected chi connectivity index (χ3v) is 5.17. The number of carboxylic acids is 1. The van der Waals surface area contributed by atoms with E-state index in [9.17, 15) is 14.4 Å². The van der Waals surface area contributed by atoms with E-state index in [1.54, 1.807) is 42.1 Å². The van der Waals surface area contributed by atoms with Crippen LogP contribution in [0.2, 0.25) is 0 Å². The molecule has 0 fully saturated rings. The van der Waals surface area contributed by atoms with Gasteiger partial charge in [0.1, 0.15) is 9.71 Å². The number of rotatable bonds is 5. The van der Waals surface area contributed by atoms with Crippen LogP contribution in [0.3, 0.4) is 0 Å². The molecule has 0 radical (unpaired) electrons. The Morgan fingerprint density at radius 2 is 1.97 bits per heavy atom. The average Bonchev–Trinajstić information content (AvgIpc) is 3.39. The summed E-state index contributed by atoms with van der Waals surface area (Å²) in [6.45, 7) is 0. The second kappa shape index (κ2) is 7.20. The standard InChI is InChI=1S/C18H14N6O4S/c1-24-7-6-19-14(24)16(26)20-11-5-3-2-4-9(11)15(25)21-13-10-8-12(18(27)28)29-17(10)23-22-13/h2-8H,1H3,(H,20,26)(H,27,28)(H2,21,22,23,25). The molecule has 3 heterocycles. The second-order valence-corrected chi connectivity index (χ2v) is 7.10. The van der Waals surface area contributed by atoms with Gasteiger partial charge in [0.15, 0.2) is 11.6 Å². The van der Waals surface area contributed by atoms with Crippen LogP contribution in [0, 0.1) is 0 Å². The number of amides is 2. The number of nitrogens with zero attached hydrogens (tertiary/aromatic N) is 3. The maximum Gasteiger partial charge on any atom is 0.345 e. The van der Waals surface area contributed by atoms with Crippen LogP contribution in [-0.4, -0.2) is 42.6 Å². The van der Waals surface area contributed by atoms with Gasteiger partial charge in [0.05, 0.1) is 16.6 Å². The number of H-pyrrole nitrogens is 1. The first-order valence-corrected chi connectivity index (χ1v) is 9.16. The summed E-state index contributed by atoms with van der Waals surface area (Å²) in [6.07, 6.45) is 3.14. The number of fused-ring (bicyclic) bond motifs is 1. The van der Waals surface area contributed by atoms with Gasteiger partial charge in [-0.1, -0.05) is 12.1 Å². The Labute approximate surface area is 167 Å². The van der Waals surface area contributed by atoms with Gasteiger partial charge < -0.3 is 20.3 Å². The first-order chi connectivity index (χ1) is 13.9. The predicted octanol–water partition coefficient (Wildman–Crippen LogP) is 2.56. The van der Waals surface area contributed by atoms with Crippen molar-refractivity contribution in [2.24, 2.45) is 7.05 Å². The fraction of sp³-hybridized carbons (Fsp3) is 0.0556. The summed E-state index contributed by atoms with van der Waals surface area (Å²) in [5, 5.41) is 21.7. The molecule has 0 unspecified atom stereocenters. The molecule has 0 aliphatic carbocycles. The topological polar surface area (TPSA) is 142 Å². The zero-order chi connectivity index (χ0) is 20.5. The Morgan fingerprint density at radius 1 is 1.17 bits per heavy atom. The van der Waals surface area contributed by atoms with Gasteiger partial charge in [0.2, 0.25) is 0 Å². The number of aryl methyl sites for hydroxylation is 1. The molecule has 4 N–H and O–H groups in total. The van der Waals surface area contributed by atoms with Crippen LogP contribution >= 0.6 is 11.3 Å². The Balaban J connectivity index is 1.59. The molecule has 0 spiro atoms. The number of aromatic amines is 1. The average molecular weight is 410 g/mol. The molecular weight excluding hydrogens is 396 g/mol. The lowest BCUT2D eigenvalue weighted by atomic mass is 10.1. The number of thiophene rings is 1. The molecule has 146 valence electrons. The summed E-state index contributed by atoms with van der Waals surface area (Å²) in [6, 6.07) is 7.96. The number of carbonyl (C=O) groups is 3. The van der Waals surface area contributed by atoms with Gasteiger partial charge in [-0.2, -0.15) is 5.10 Å². The summed E-state index contributed by atoms with van der Waals surface area (Å²) in [5.41, 5.74) is 0.529. The van der Waals surface area contributed by atoms with Gasteiger partial charge in [0.25, 0.3) is 11.8 Å². The van der Waals surface area contributed by atoms with Crippen LogP contribution in [0.5, 0.6) is 0 Å². The van der Waals surface area contributed by atoms with Crippen LogP contribution in [0.15, 0.2) is 42.7 Å². The Bertz CT molecular complexity index is 1250. The number of hydrogen-bond acceptors (Lipinski definition) is 6. The number of carbonyl (C=O) groups excluding carboxylic acids is 2. The minimum atomic E-state index is -1.06. The molecule has 0 saturated heterocycles. The molecule has 11 heteroatoms. The second-order valence-electron chi connectivity index (χ2n) is 6.05. The Hall–Kier alpha value is -3.99. The van der Waals surface area contributed by atoms with Crippen LogP contribution in [0.1, 0.15) is 30.6 Å². The fourth-order valence-electron chi connectivity index (χ4n) is 2.75. The molecule has 10 nitrogen and oxygen atoms in total. The SMILES string of the molecule is Cn1ccnc1C(=O)Nc1ccccc1C(=O)Nc1n[nH]c2sc(C(=O)O)cc12. The van der Waals surface area contributed by atoms with Crippen molar-refractivity contribution >= 4 is 50.8 Å². The molecule has 1 aromatic carbocycles. The van der Waals surface area contributed by atoms with Gasteiger partial charge in [-0.25, -0.2) is 9.78 Å². The molecular formula is C18H14N6O4S. The Kier molecular flexibility index (Phi) is 4.56. The van der Waals surface area contributed by atoms with Crippen LogP contribution in [-0.2, 0) is 7.05 Å². The van der Waals surface area contributed by atoms with Crippen molar-refractivity contribution < 1.29 is 19.5 Å². The third kappa shape index (κ3) is 3.46. The molecule has 2 amide bonds. The van der Waals surface area contributed by atoms with E-state index in [1.165, 1.54) is 12.3 Å². The number of nitrogens with one attached hydrogen (secondary N) is 3. The number of anilines is 2. The highest BCUT2D eigenvalue weighted by atomic mass is 32.1. The van der Waals surface area contributed by atoms with E-state index in [2.05, 4.69) is 25.8 Å². The monoisotopic (exact) mass is 410 g/mol. The van der Waals surface area contributed by atoms with Gasteiger partial charge >= 0.3 is 5.97 Å². The van der Waals surface area contributed by atoms with E-state index < -0.39 is 17.8 Å². The molecule has 0 bridgehead atoms. The summed E-state index contributed by atoms with van der Waals surface area (Å²) in [4.78, 5) is 41.0. The quantitative estimate of drug-likeness (QED) is 0.398. The van der Waals surface area contributed by atoms with Gasteiger partial charge in [-0.05, 0) is 18.2 Å². The molecule has 4 aromatic rings. The zero-order valence-electron chi connectivity index (χ0n) is 15.0. The Morgan fingerprint density at radius 3 is 2.69 bits per heavy atom. The largest absolute Gasteiger partial charge is 0.477 e. The van der Waals surface area contributed by atoms with Gasteiger partial charge in [0, 0.05) is 19.4 Å². The fourth-order valence-corrected chi connectivity index (χ4v) is 3.59. The highest BCUT2D eigenvalue weighted by Gasteiger charge is 2.19. The molecule has 3 aromatic heterocycles. The molecule has 0 aliphatic heterocycles. The van der Waals surface area contributed by atoms with Crippen molar-refractivity contribution in [3.8, 4) is 0 Å². The van der Waals surface area contributed by atoms with E-state index >= 15 is 0 Å². The van der Waals surface area contributed by atoms with Gasteiger partial charge in [-0.3, -0.25) is 14.7 Å². The molecule has 29 heavy (non-hydrogen) atoms. The van der Waals surface area contributed by atoms with Crippen molar-refractivity contribution in [1.82, 2.24) is 19.7 Å². The van der Waals surface area contributed by atoms with Crippen LogP contribution in [0.4, 0.5) is 11.5 Å². The summed E-state index contributed by atoms with van der Waals surface area (Å²) < 4.78 is 1.56. The first kappa shape index (κ1) is 18.4. The zero-order valence-corrected chi connectivity index (χ0v) is 15.8. The number of hydrogen-bond donors (Lipinski definition) is 4. The van der Waals surface area contributed by atoms with Crippen molar-refractivity contribution in [3.05, 3.63) is 59.0 Å². The van der Waals surface area contributed by atoms with E-state index in [-0.39, 0.29) is 22.1 Å². The number of aromatic carboxylic acids is 1. The van der Waals surface area contributed by atoms with Crippen molar-refractivity contribution in [2.45, 2.75) is 0 Å². The number of aromatic nitrogens is 4. The highest BCUT2D eigenvalue weighted by Crippen LogP contribution is 2.29. The molecule has 4 rings (SSSR count). The molecule has 0 aliphatic rings. The van der Waals surface area contributed by atoms with E-state index in [0.29, 0.717) is 15.9 Å². The van der Waals surface area contributed by atoms with Gasteiger partial charge in [-0.15, -0.1) is 11.3 Å². The molecule has 0 saturated carbocycles. The third-order valence-electron chi connectivity index (χ3n) is 4.14. The number of para-hydroxylation sites is 1. The number of imidazole rings is 1. The molecule has 0 atom stereocenters. The highest BCUT2D eigenvalue weighted by molar-refractivity contribution is 7.20. The maximum absolute atomic E-state index is 12.8. The number of carboxylic acid groups (broad SMARTS) is 1. The van der Waals surface area contributed by atoms with Crippen molar-refractivity contribution in [3.63, 3.8) is 0 Å². The first-order valence-electron chi connectivity index (χ1n) is 8.34. The van der Waals surface area contributed by atoms with Crippen LogP contribution < -0.4 is 10.6 Å². The smallest absolute Gasteiger partial charge is 0.345 e. The van der Waals surface area contributed by atoms with E-state index in [0.717, 1.165) is 11.3 Å². The lowest BCUT2D eigenvalue weighted by molar-refractivity contribution is 0.0701.